The van der Waals surface area contributed by atoms with Crippen molar-refractivity contribution in [1.29, 1.82) is 0 Å². The van der Waals surface area contributed by atoms with Crippen LogP contribution in [0, 0.1) is 29.6 Å². The van der Waals surface area contributed by atoms with Gasteiger partial charge in [0.2, 0.25) is 6.29 Å². The van der Waals surface area contributed by atoms with Crippen LogP contribution in [0.15, 0.2) is 24.3 Å². The molecule has 0 aliphatic heterocycles. The second kappa shape index (κ2) is 8.97. The molecule has 3 saturated carbocycles. The third kappa shape index (κ3) is 4.52. The number of alkyl halides is 1. The van der Waals surface area contributed by atoms with Crippen LogP contribution in [0.3, 0.4) is 0 Å². The minimum atomic E-state index is -0.511. The first kappa shape index (κ1) is 22.4. The summed E-state index contributed by atoms with van der Waals surface area (Å²) in [5, 5.41) is 0. The van der Waals surface area contributed by atoms with Gasteiger partial charge in [-0.05, 0) is 87.0 Å². The summed E-state index contributed by atoms with van der Waals surface area (Å²) in [6, 6.07) is 7.33. The van der Waals surface area contributed by atoms with Crippen LogP contribution in [-0.2, 0) is 9.53 Å². The average molecular weight is 526 g/mol. The number of carbonyl (C=O) groups excluding carboxylic acids is 1. The Labute approximate surface area is 194 Å². The highest BCUT2D eigenvalue weighted by Crippen LogP contribution is 2.59. The molecule has 166 valence electrons. The first-order valence-electron chi connectivity index (χ1n) is 11.6. The summed E-state index contributed by atoms with van der Waals surface area (Å²) in [5.74, 6) is 4.82. The first-order valence-corrected chi connectivity index (χ1v) is 12.7. The van der Waals surface area contributed by atoms with E-state index in [-0.39, 0.29) is 18.2 Å². The summed E-state index contributed by atoms with van der Waals surface area (Å²) in [7, 11) is 0. The van der Waals surface area contributed by atoms with Gasteiger partial charge in [0.25, 0.3) is 0 Å². The molecule has 0 amide bonds. The molecule has 0 heterocycles. The van der Waals surface area contributed by atoms with Gasteiger partial charge in [-0.3, -0.25) is 4.79 Å². The summed E-state index contributed by atoms with van der Waals surface area (Å²) in [6.45, 7) is 8.18. The van der Waals surface area contributed by atoms with Crippen LogP contribution < -0.4 is 9.47 Å². The van der Waals surface area contributed by atoms with Crippen molar-refractivity contribution in [2.75, 3.05) is 0 Å². The van der Waals surface area contributed by atoms with E-state index >= 15 is 0 Å². The van der Waals surface area contributed by atoms with Crippen molar-refractivity contribution < 1.29 is 19.0 Å². The molecule has 0 saturated heterocycles. The molecule has 2 bridgehead atoms. The van der Waals surface area contributed by atoms with Crippen LogP contribution in [-0.4, -0.2) is 21.8 Å². The number of benzene rings is 1. The van der Waals surface area contributed by atoms with Crippen molar-refractivity contribution >= 4 is 28.6 Å². The molecule has 1 aromatic rings. The van der Waals surface area contributed by atoms with Crippen molar-refractivity contribution in [3.8, 4) is 11.5 Å². The van der Waals surface area contributed by atoms with Crippen molar-refractivity contribution in [2.45, 2.75) is 82.0 Å². The minimum Gasteiger partial charge on any atom is -0.465 e. The largest absolute Gasteiger partial charge is 0.465 e. The Kier molecular flexibility index (Phi) is 6.69. The van der Waals surface area contributed by atoms with E-state index in [1.807, 2.05) is 26.0 Å². The molecule has 4 rings (SSSR count). The standard InChI is InChI=1S/C25H35IO4/c1-5-25(4,26)24(27)29-18-11-9-17(10-12-18)28-23(15(2)3)30-22-14-16-13-21(22)20-8-6-7-19(16)20/h9-12,15-16,19-23H,5-8,13-14H2,1-4H3. The highest BCUT2D eigenvalue weighted by Gasteiger charge is 2.54. The third-order valence-corrected chi connectivity index (χ3v) is 8.80. The molecule has 5 heteroatoms. The van der Waals surface area contributed by atoms with Gasteiger partial charge in [-0.1, -0.05) is 49.8 Å². The second-order valence-electron chi connectivity index (χ2n) is 9.97. The molecule has 3 aliphatic carbocycles. The summed E-state index contributed by atoms with van der Waals surface area (Å²) in [6.07, 6.45) is 7.63. The lowest BCUT2D eigenvalue weighted by Crippen LogP contribution is -2.37. The quantitative estimate of drug-likeness (QED) is 0.129. The van der Waals surface area contributed by atoms with E-state index in [1.165, 1.54) is 32.1 Å². The van der Waals surface area contributed by atoms with Crippen LogP contribution in [0.1, 0.15) is 66.2 Å². The average Bonchev–Trinajstić information content (AvgIpc) is 3.42. The molecule has 0 radical (unpaired) electrons. The molecule has 1 aromatic carbocycles. The van der Waals surface area contributed by atoms with Crippen LogP contribution >= 0.6 is 22.6 Å². The van der Waals surface area contributed by atoms with Crippen LogP contribution in [0.25, 0.3) is 0 Å². The maximum absolute atomic E-state index is 12.3. The first-order chi connectivity index (χ1) is 14.3. The number of carbonyl (C=O) groups is 1. The van der Waals surface area contributed by atoms with E-state index in [9.17, 15) is 4.79 Å². The Balaban J connectivity index is 1.35. The van der Waals surface area contributed by atoms with Gasteiger partial charge in [-0.2, -0.15) is 0 Å². The normalized spacial score (nSPS) is 32.7. The lowest BCUT2D eigenvalue weighted by molar-refractivity contribution is -0.162. The van der Waals surface area contributed by atoms with Crippen LogP contribution in [0.4, 0.5) is 0 Å². The van der Waals surface area contributed by atoms with Crippen molar-refractivity contribution in [3.63, 3.8) is 0 Å². The zero-order valence-electron chi connectivity index (χ0n) is 18.6. The van der Waals surface area contributed by atoms with E-state index in [2.05, 4.69) is 36.4 Å². The molecule has 0 aromatic heterocycles. The monoisotopic (exact) mass is 526 g/mol. The number of esters is 1. The van der Waals surface area contributed by atoms with Gasteiger partial charge in [-0.25, -0.2) is 0 Å². The van der Waals surface area contributed by atoms with Crippen molar-refractivity contribution in [2.24, 2.45) is 29.6 Å². The molecular formula is C25H35IO4. The molecule has 0 spiro atoms. The number of fused-ring (bicyclic) bond motifs is 5. The Morgan fingerprint density at radius 2 is 1.77 bits per heavy atom. The van der Waals surface area contributed by atoms with E-state index < -0.39 is 3.42 Å². The van der Waals surface area contributed by atoms with Gasteiger partial charge in [0.05, 0.1) is 6.10 Å². The van der Waals surface area contributed by atoms with E-state index in [0.717, 1.165) is 35.8 Å². The molecule has 7 atom stereocenters. The van der Waals surface area contributed by atoms with Gasteiger partial charge in [0, 0.05) is 5.92 Å². The van der Waals surface area contributed by atoms with E-state index in [1.54, 1.807) is 12.1 Å². The highest BCUT2D eigenvalue weighted by molar-refractivity contribution is 14.1. The molecule has 0 N–H and O–H groups in total. The zero-order chi connectivity index (χ0) is 21.5. The van der Waals surface area contributed by atoms with Crippen LogP contribution in [0.2, 0.25) is 0 Å². The van der Waals surface area contributed by atoms with Gasteiger partial charge in [-0.15, -0.1) is 0 Å². The topological polar surface area (TPSA) is 44.8 Å². The number of ether oxygens (including phenoxy) is 3. The SMILES string of the molecule is CCC(C)(I)C(=O)Oc1ccc(OC(OC2CC3CC2C2CCCC32)C(C)C)cc1. The molecule has 4 nitrogen and oxygen atoms in total. The number of hydrogen-bond donors (Lipinski definition) is 0. The number of halogens is 1. The fourth-order valence-corrected chi connectivity index (χ4v) is 5.84. The summed E-state index contributed by atoms with van der Waals surface area (Å²) < 4.78 is 17.8. The fourth-order valence-electron chi connectivity index (χ4n) is 5.73. The molecule has 3 aliphatic rings. The zero-order valence-corrected chi connectivity index (χ0v) is 20.8. The molecule has 3 fully saturated rings. The summed E-state index contributed by atoms with van der Waals surface area (Å²) in [4.78, 5) is 12.3. The third-order valence-electron chi connectivity index (χ3n) is 7.60. The number of rotatable bonds is 8. The lowest BCUT2D eigenvalue weighted by Gasteiger charge is -2.35. The van der Waals surface area contributed by atoms with E-state index in [4.69, 9.17) is 14.2 Å². The summed E-state index contributed by atoms with van der Waals surface area (Å²) >= 11 is 2.15. The highest BCUT2D eigenvalue weighted by atomic mass is 127. The van der Waals surface area contributed by atoms with Gasteiger partial charge in [0.1, 0.15) is 14.9 Å². The molecule has 30 heavy (non-hydrogen) atoms. The van der Waals surface area contributed by atoms with Gasteiger partial charge < -0.3 is 14.2 Å². The Hall–Kier alpha value is -0.820. The van der Waals surface area contributed by atoms with Gasteiger partial charge in [0.15, 0.2) is 0 Å². The van der Waals surface area contributed by atoms with Crippen molar-refractivity contribution in [3.05, 3.63) is 24.3 Å². The Morgan fingerprint density at radius 3 is 2.43 bits per heavy atom. The fraction of sp³-hybridized carbons (Fsp3) is 0.720. The van der Waals surface area contributed by atoms with Gasteiger partial charge >= 0.3 is 5.97 Å². The summed E-state index contributed by atoms with van der Waals surface area (Å²) in [5.41, 5.74) is 0. The number of hydrogen-bond acceptors (Lipinski definition) is 4. The molecule has 7 unspecified atom stereocenters. The van der Waals surface area contributed by atoms with E-state index in [0.29, 0.717) is 11.9 Å². The predicted octanol–water partition coefficient (Wildman–Crippen LogP) is 6.40. The second-order valence-corrected chi connectivity index (χ2v) is 12.4. The van der Waals surface area contributed by atoms with Crippen LogP contribution in [0.5, 0.6) is 11.5 Å². The maximum Gasteiger partial charge on any atom is 0.327 e. The Bertz CT molecular complexity index is 744. The Morgan fingerprint density at radius 1 is 1.10 bits per heavy atom. The molecular weight excluding hydrogens is 491 g/mol. The smallest absolute Gasteiger partial charge is 0.327 e. The maximum atomic E-state index is 12.3. The lowest BCUT2D eigenvalue weighted by atomic mass is 9.80. The minimum absolute atomic E-state index is 0.218. The van der Waals surface area contributed by atoms with Crippen molar-refractivity contribution in [1.82, 2.24) is 0 Å². The predicted molar refractivity (Wildman–Crippen MR) is 126 cm³/mol.